The lowest BCUT2D eigenvalue weighted by atomic mass is 9.72. The number of amides is 1. The van der Waals surface area contributed by atoms with Crippen molar-refractivity contribution in [2.24, 2.45) is 5.41 Å². The fourth-order valence-corrected chi connectivity index (χ4v) is 6.92. The second-order valence-corrected chi connectivity index (χ2v) is 14.3. The first-order valence-electron chi connectivity index (χ1n) is 17.1. The van der Waals surface area contributed by atoms with Crippen molar-refractivity contribution in [3.63, 3.8) is 0 Å². The minimum Gasteiger partial charge on any atom is -0.497 e. The molecule has 264 valence electrons. The van der Waals surface area contributed by atoms with Crippen LogP contribution in [0.3, 0.4) is 0 Å². The van der Waals surface area contributed by atoms with Gasteiger partial charge in [-0.05, 0) is 105 Å². The van der Waals surface area contributed by atoms with Gasteiger partial charge in [-0.3, -0.25) is 14.2 Å². The van der Waals surface area contributed by atoms with Crippen molar-refractivity contribution in [1.82, 2.24) is 9.88 Å². The standard InChI is InChI=1S/C42H49IN2O5/c1-28(13-19-37-30(3)12-9-21-42(37,5)6)10-8-11-29(2)24-40(47)50-23-22-44-39(46)26-35-31(4)45(38-20-18-34(49-7)25-36(35)38)41(48)33-16-14-32(27-43)15-17-33/h8,10-11,13-20,24-25H,9,12,21-23,26-27H2,1-7H3,(H,44,46)/b11-8+,19-13+,28-10+,29-24-. The fourth-order valence-electron chi connectivity index (χ4n) is 6.41. The number of nitrogens with zero attached hydrogens (tertiary/aromatic N) is 1. The van der Waals surface area contributed by atoms with E-state index in [9.17, 15) is 14.4 Å². The van der Waals surface area contributed by atoms with Crippen molar-refractivity contribution in [2.75, 3.05) is 20.3 Å². The number of methoxy groups -OCH3 is 1. The zero-order valence-electron chi connectivity index (χ0n) is 30.3. The molecular weight excluding hydrogens is 739 g/mol. The van der Waals surface area contributed by atoms with E-state index in [4.69, 9.17) is 9.47 Å². The summed E-state index contributed by atoms with van der Waals surface area (Å²) in [5, 5.41) is 3.61. The quantitative estimate of drug-likeness (QED) is 0.0466. The van der Waals surface area contributed by atoms with Gasteiger partial charge in [0.2, 0.25) is 5.91 Å². The van der Waals surface area contributed by atoms with Crippen LogP contribution in [0.4, 0.5) is 0 Å². The summed E-state index contributed by atoms with van der Waals surface area (Å²) in [6.45, 7) is 12.8. The molecule has 0 saturated heterocycles. The summed E-state index contributed by atoms with van der Waals surface area (Å²) in [6, 6.07) is 13.1. The number of carbonyl (C=O) groups excluding carboxylic acids is 3. The number of carbonyl (C=O) groups is 3. The molecule has 0 aliphatic heterocycles. The van der Waals surface area contributed by atoms with E-state index in [2.05, 4.69) is 67.8 Å². The molecule has 1 amide bonds. The van der Waals surface area contributed by atoms with E-state index < -0.39 is 5.97 Å². The Hall–Kier alpha value is -4.18. The third-order valence-corrected chi connectivity index (χ3v) is 10.1. The molecule has 1 heterocycles. The maximum atomic E-state index is 13.6. The number of nitrogens with one attached hydrogen (secondary N) is 1. The summed E-state index contributed by atoms with van der Waals surface area (Å²) in [4.78, 5) is 39.1. The van der Waals surface area contributed by atoms with Gasteiger partial charge in [0.1, 0.15) is 12.4 Å². The Bertz CT molecular complexity index is 1890. The number of rotatable bonds is 13. The summed E-state index contributed by atoms with van der Waals surface area (Å²) in [6.07, 6.45) is 15.3. The van der Waals surface area contributed by atoms with Crippen LogP contribution in [0.5, 0.6) is 5.75 Å². The maximum absolute atomic E-state index is 13.6. The molecule has 7 nitrogen and oxygen atoms in total. The van der Waals surface area contributed by atoms with E-state index in [-0.39, 0.29) is 36.8 Å². The Morgan fingerprint density at radius 1 is 1.02 bits per heavy atom. The Labute approximate surface area is 310 Å². The third-order valence-electron chi connectivity index (χ3n) is 9.23. The van der Waals surface area contributed by atoms with Crippen molar-refractivity contribution in [3.05, 3.63) is 124 Å². The summed E-state index contributed by atoms with van der Waals surface area (Å²) < 4.78 is 13.3. The molecule has 0 spiro atoms. The fraction of sp³-hybridized carbons (Fsp3) is 0.357. The predicted molar refractivity (Wildman–Crippen MR) is 211 cm³/mol. The lowest BCUT2D eigenvalue weighted by Gasteiger charge is -2.32. The molecule has 4 rings (SSSR count). The number of hydrogen-bond donors (Lipinski definition) is 1. The Morgan fingerprint density at radius 3 is 2.44 bits per heavy atom. The first-order chi connectivity index (χ1) is 23.8. The average Bonchev–Trinajstić information content (AvgIpc) is 3.35. The first kappa shape index (κ1) is 38.6. The van der Waals surface area contributed by atoms with Gasteiger partial charge in [-0.15, -0.1) is 0 Å². The van der Waals surface area contributed by atoms with Crippen LogP contribution >= 0.6 is 22.6 Å². The zero-order valence-corrected chi connectivity index (χ0v) is 32.5. The molecule has 3 aromatic rings. The van der Waals surface area contributed by atoms with E-state index in [0.29, 0.717) is 22.5 Å². The Balaban J connectivity index is 1.32. The monoisotopic (exact) mass is 788 g/mol. The third kappa shape index (κ3) is 9.96. The second kappa shape index (κ2) is 17.7. The molecule has 0 saturated carbocycles. The maximum Gasteiger partial charge on any atom is 0.331 e. The van der Waals surface area contributed by atoms with Crippen molar-refractivity contribution < 1.29 is 23.9 Å². The van der Waals surface area contributed by atoms with E-state index in [0.717, 1.165) is 32.1 Å². The van der Waals surface area contributed by atoms with Crippen LogP contribution in [-0.4, -0.2) is 42.6 Å². The van der Waals surface area contributed by atoms with Gasteiger partial charge in [0.25, 0.3) is 5.91 Å². The topological polar surface area (TPSA) is 86.6 Å². The summed E-state index contributed by atoms with van der Waals surface area (Å²) in [7, 11) is 1.58. The van der Waals surface area contributed by atoms with Crippen LogP contribution < -0.4 is 10.1 Å². The SMILES string of the molecule is COc1ccc2c(c1)c(CC(=O)NCCOC(=O)\C=C(C)/C=C/C=C(C)/C=C/C1=C(C)CCCC1(C)C)c(C)n2C(=O)c1ccc(CI)cc1. The molecule has 0 atom stereocenters. The molecule has 2 aromatic carbocycles. The van der Waals surface area contributed by atoms with Gasteiger partial charge in [-0.2, -0.15) is 0 Å². The molecule has 1 aliphatic carbocycles. The van der Waals surface area contributed by atoms with Gasteiger partial charge in [0.15, 0.2) is 0 Å². The van der Waals surface area contributed by atoms with E-state index in [1.54, 1.807) is 11.7 Å². The summed E-state index contributed by atoms with van der Waals surface area (Å²) in [5.41, 5.74) is 8.83. The zero-order chi connectivity index (χ0) is 36.4. The van der Waals surface area contributed by atoms with Gasteiger partial charge in [-0.25, -0.2) is 4.79 Å². The van der Waals surface area contributed by atoms with Gasteiger partial charge in [0, 0.05) is 27.1 Å². The summed E-state index contributed by atoms with van der Waals surface area (Å²) in [5.74, 6) is -0.242. The molecule has 8 heteroatoms. The van der Waals surface area contributed by atoms with E-state index in [1.807, 2.05) is 74.5 Å². The molecular formula is C42H49IN2O5. The number of fused-ring (bicyclic) bond motifs is 1. The number of benzene rings is 2. The van der Waals surface area contributed by atoms with E-state index >= 15 is 0 Å². The molecule has 0 radical (unpaired) electrons. The predicted octanol–water partition coefficient (Wildman–Crippen LogP) is 9.32. The molecule has 1 aromatic heterocycles. The highest BCUT2D eigenvalue weighted by atomic mass is 127. The molecule has 1 N–H and O–H groups in total. The lowest BCUT2D eigenvalue weighted by molar-refractivity contribution is -0.138. The number of halogens is 1. The molecule has 0 bridgehead atoms. The van der Waals surface area contributed by atoms with Crippen LogP contribution in [0.2, 0.25) is 0 Å². The van der Waals surface area contributed by atoms with Crippen molar-refractivity contribution in [2.45, 2.75) is 71.7 Å². The van der Waals surface area contributed by atoms with Crippen LogP contribution in [0.1, 0.15) is 81.1 Å². The highest BCUT2D eigenvalue weighted by Crippen LogP contribution is 2.40. The molecule has 0 fully saturated rings. The van der Waals surface area contributed by atoms with Crippen LogP contribution in [0.15, 0.2) is 101 Å². The van der Waals surface area contributed by atoms with Crippen LogP contribution in [0, 0.1) is 12.3 Å². The summed E-state index contributed by atoms with van der Waals surface area (Å²) >= 11 is 2.29. The van der Waals surface area contributed by atoms with E-state index in [1.165, 1.54) is 36.5 Å². The number of esters is 1. The highest BCUT2D eigenvalue weighted by Gasteiger charge is 2.26. The largest absolute Gasteiger partial charge is 0.497 e. The number of hydrogen-bond acceptors (Lipinski definition) is 5. The van der Waals surface area contributed by atoms with Gasteiger partial charge in [-0.1, -0.05) is 90.1 Å². The normalized spacial score (nSPS) is 15.3. The molecule has 50 heavy (non-hydrogen) atoms. The lowest BCUT2D eigenvalue weighted by Crippen LogP contribution is -2.29. The van der Waals surface area contributed by atoms with Crippen molar-refractivity contribution in [3.8, 4) is 5.75 Å². The first-order valence-corrected chi connectivity index (χ1v) is 18.6. The number of allylic oxidation sites excluding steroid dienone is 9. The van der Waals surface area contributed by atoms with Gasteiger partial charge >= 0.3 is 5.97 Å². The molecule has 1 aliphatic rings. The van der Waals surface area contributed by atoms with Crippen molar-refractivity contribution in [1.29, 1.82) is 0 Å². The Kier molecular flexibility index (Phi) is 13.6. The average molecular weight is 789 g/mol. The van der Waals surface area contributed by atoms with Gasteiger partial charge < -0.3 is 14.8 Å². The number of alkyl halides is 1. The second-order valence-electron chi connectivity index (χ2n) is 13.5. The molecule has 0 unspecified atom stereocenters. The van der Waals surface area contributed by atoms with Gasteiger partial charge in [0.05, 0.1) is 25.6 Å². The minimum absolute atomic E-state index is 0.0355. The van der Waals surface area contributed by atoms with Crippen LogP contribution in [0.25, 0.3) is 10.9 Å². The van der Waals surface area contributed by atoms with Crippen molar-refractivity contribution >= 4 is 51.3 Å². The Morgan fingerprint density at radius 2 is 1.76 bits per heavy atom. The smallest absolute Gasteiger partial charge is 0.331 e. The highest BCUT2D eigenvalue weighted by molar-refractivity contribution is 14.1. The number of ether oxygens (including phenoxy) is 2. The number of aromatic nitrogens is 1. The van der Waals surface area contributed by atoms with Crippen LogP contribution in [-0.2, 0) is 25.2 Å². The minimum atomic E-state index is -0.472.